The van der Waals surface area contributed by atoms with E-state index in [0.29, 0.717) is 0 Å². The Morgan fingerprint density at radius 2 is 0.738 bits per heavy atom. The van der Waals surface area contributed by atoms with Crippen LogP contribution in [0.1, 0.15) is 208 Å². The van der Waals surface area contributed by atoms with Gasteiger partial charge in [-0.2, -0.15) is 0 Å². The third-order valence-electron chi connectivity index (χ3n) is 9.44. The molecule has 0 N–H and O–H groups in total. The normalized spacial score (nSPS) is 12.6. The predicted molar refractivity (Wildman–Crippen MR) is 189 cm³/mol. The first-order valence-electron chi connectivity index (χ1n) is 19.2. The fraction of sp³-hybridized carbons (Fsp3) is 1.00. The second-order valence-electron chi connectivity index (χ2n) is 14.7. The van der Waals surface area contributed by atoms with Gasteiger partial charge in [0.15, 0.2) is 0 Å². The summed E-state index contributed by atoms with van der Waals surface area (Å²) in [6, 6.07) is 0. The molecule has 3 nitrogen and oxygen atoms in total. The molecule has 0 aromatic rings. The molecule has 0 aliphatic carbocycles. The summed E-state index contributed by atoms with van der Waals surface area (Å²) in [5.74, 6) is 0. The molecule has 0 spiro atoms. The number of nitrogens with zero attached hydrogens (tertiary/aromatic N) is 1. The molecule has 0 atom stereocenters. The Labute approximate surface area is 267 Å². The van der Waals surface area contributed by atoms with Crippen LogP contribution in [-0.2, 0) is 9.47 Å². The molecule has 42 heavy (non-hydrogen) atoms. The molecule has 0 bridgehead atoms. The lowest BCUT2D eigenvalue weighted by atomic mass is 10.0. The first-order valence-corrected chi connectivity index (χ1v) is 19.2. The van der Waals surface area contributed by atoms with Crippen LogP contribution < -0.4 is 0 Å². The summed E-state index contributed by atoms with van der Waals surface area (Å²) in [5.41, 5.74) is -0.180. The van der Waals surface area contributed by atoms with Gasteiger partial charge >= 0.3 is 0 Å². The van der Waals surface area contributed by atoms with Crippen molar-refractivity contribution in [1.29, 1.82) is 0 Å². The molecule has 0 aliphatic heterocycles. The number of hydrogen-bond acceptors (Lipinski definition) is 3. The topological polar surface area (TPSA) is 21.7 Å². The molecule has 0 aromatic heterocycles. The van der Waals surface area contributed by atoms with E-state index in [0.717, 1.165) is 26.0 Å². The fourth-order valence-corrected chi connectivity index (χ4v) is 5.86. The van der Waals surface area contributed by atoms with Gasteiger partial charge in [-0.25, -0.2) is 0 Å². The maximum absolute atomic E-state index is 6.35. The summed E-state index contributed by atoms with van der Waals surface area (Å²) >= 11 is 0. The van der Waals surface area contributed by atoms with Crippen LogP contribution in [0.5, 0.6) is 0 Å². The maximum atomic E-state index is 6.35. The Balaban J connectivity index is 4.22. The summed E-state index contributed by atoms with van der Waals surface area (Å²) in [5, 5.41) is 0. The Bertz CT molecular complexity index is 504. The molecule has 0 heterocycles. The van der Waals surface area contributed by atoms with Gasteiger partial charge < -0.3 is 14.4 Å². The number of methoxy groups -OCH3 is 1. The second kappa shape index (κ2) is 29.6. The molecule has 0 aliphatic rings. The maximum Gasteiger partial charge on any atom is 0.0644 e. The second-order valence-corrected chi connectivity index (χ2v) is 14.7. The molecule has 0 saturated carbocycles. The summed E-state index contributed by atoms with van der Waals surface area (Å²) in [7, 11) is 1.80. The Morgan fingerprint density at radius 1 is 0.405 bits per heavy atom. The van der Waals surface area contributed by atoms with Crippen LogP contribution in [-0.4, -0.2) is 49.5 Å². The minimum Gasteiger partial charge on any atom is -0.379 e. The van der Waals surface area contributed by atoms with E-state index >= 15 is 0 Å². The van der Waals surface area contributed by atoms with Gasteiger partial charge in [-0.05, 0) is 66.5 Å². The van der Waals surface area contributed by atoms with Crippen molar-refractivity contribution in [3.63, 3.8) is 0 Å². The summed E-state index contributed by atoms with van der Waals surface area (Å²) < 4.78 is 11.9. The molecular formula is C39H81NO2. The van der Waals surface area contributed by atoms with E-state index in [1.165, 1.54) is 167 Å². The van der Waals surface area contributed by atoms with E-state index in [1.54, 1.807) is 7.11 Å². The highest BCUT2D eigenvalue weighted by Gasteiger charge is 2.22. The SMILES string of the molecule is CCCCCCCCCCCCCCN(CCCCCCCCCCCCCC)CCC(C)(C)OCCC(C)(C)OC. The summed E-state index contributed by atoms with van der Waals surface area (Å²) in [4.78, 5) is 2.76. The molecule has 0 unspecified atom stereocenters. The van der Waals surface area contributed by atoms with E-state index in [-0.39, 0.29) is 11.2 Å². The van der Waals surface area contributed by atoms with Gasteiger partial charge in [-0.15, -0.1) is 0 Å². The largest absolute Gasteiger partial charge is 0.379 e. The van der Waals surface area contributed by atoms with E-state index in [2.05, 4.69) is 46.4 Å². The lowest BCUT2D eigenvalue weighted by Gasteiger charge is -2.31. The van der Waals surface area contributed by atoms with Crippen LogP contribution in [0, 0.1) is 0 Å². The average Bonchev–Trinajstić information content (AvgIpc) is 2.96. The van der Waals surface area contributed by atoms with Crippen molar-refractivity contribution in [2.24, 2.45) is 0 Å². The molecular weight excluding hydrogens is 514 g/mol. The molecule has 254 valence electrons. The minimum atomic E-state index is -0.106. The van der Waals surface area contributed by atoms with Crippen LogP contribution in [0.2, 0.25) is 0 Å². The van der Waals surface area contributed by atoms with Crippen molar-refractivity contribution < 1.29 is 9.47 Å². The van der Waals surface area contributed by atoms with Crippen LogP contribution in [0.25, 0.3) is 0 Å². The number of ether oxygens (including phenoxy) is 2. The standard InChI is InChI=1S/C39H81NO2/c1-8-10-12-14-16-18-20-22-24-26-28-30-34-40(36-32-39(5,6)42-37-33-38(3,4)41-7)35-31-29-27-25-23-21-19-17-15-13-11-9-2/h8-37H2,1-7H3. The zero-order valence-corrected chi connectivity index (χ0v) is 30.5. The van der Waals surface area contributed by atoms with Crippen molar-refractivity contribution >= 4 is 0 Å². The van der Waals surface area contributed by atoms with E-state index in [4.69, 9.17) is 9.47 Å². The van der Waals surface area contributed by atoms with Crippen LogP contribution >= 0.6 is 0 Å². The minimum absolute atomic E-state index is 0.0743. The zero-order valence-electron chi connectivity index (χ0n) is 30.5. The van der Waals surface area contributed by atoms with E-state index in [1.807, 2.05) is 0 Å². The third kappa shape index (κ3) is 29.9. The zero-order chi connectivity index (χ0) is 31.2. The lowest BCUT2D eigenvalue weighted by molar-refractivity contribution is -0.0638. The lowest BCUT2D eigenvalue weighted by Crippen LogP contribution is -2.35. The van der Waals surface area contributed by atoms with Gasteiger partial charge in [-0.3, -0.25) is 0 Å². The average molecular weight is 596 g/mol. The third-order valence-corrected chi connectivity index (χ3v) is 9.44. The monoisotopic (exact) mass is 596 g/mol. The smallest absolute Gasteiger partial charge is 0.0644 e. The number of rotatable bonds is 34. The van der Waals surface area contributed by atoms with Gasteiger partial charge in [0, 0.05) is 13.7 Å². The van der Waals surface area contributed by atoms with Crippen molar-refractivity contribution in [1.82, 2.24) is 4.90 Å². The van der Waals surface area contributed by atoms with Gasteiger partial charge in [0.1, 0.15) is 0 Å². The highest BCUT2D eigenvalue weighted by molar-refractivity contribution is 4.74. The molecule has 3 heteroatoms. The van der Waals surface area contributed by atoms with Crippen molar-refractivity contribution in [3.05, 3.63) is 0 Å². The van der Waals surface area contributed by atoms with Crippen LogP contribution in [0.3, 0.4) is 0 Å². The van der Waals surface area contributed by atoms with Gasteiger partial charge in [0.2, 0.25) is 0 Å². The number of unbranched alkanes of at least 4 members (excludes halogenated alkanes) is 22. The van der Waals surface area contributed by atoms with Crippen molar-refractivity contribution in [2.45, 2.75) is 220 Å². The van der Waals surface area contributed by atoms with Gasteiger partial charge in [0.25, 0.3) is 0 Å². The van der Waals surface area contributed by atoms with E-state index < -0.39 is 0 Å². The van der Waals surface area contributed by atoms with Crippen molar-refractivity contribution in [2.75, 3.05) is 33.4 Å². The molecule has 0 aromatic carbocycles. The fourth-order valence-electron chi connectivity index (χ4n) is 5.86. The number of hydrogen-bond donors (Lipinski definition) is 0. The molecule has 0 rings (SSSR count). The Hall–Kier alpha value is -0.120. The Kier molecular flexibility index (Phi) is 29.5. The van der Waals surface area contributed by atoms with E-state index in [9.17, 15) is 0 Å². The molecule has 0 saturated heterocycles. The molecule has 0 fully saturated rings. The predicted octanol–water partition coefficient (Wildman–Crippen LogP) is 12.7. The van der Waals surface area contributed by atoms with Gasteiger partial charge in [-0.1, -0.05) is 155 Å². The highest BCUT2D eigenvalue weighted by atomic mass is 16.5. The van der Waals surface area contributed by atoms with Gasteiger partial charge in [0.05, 0.1) is 17.8 Å². The quantitative estimate of drug-likeness (QED) is 0.0691. The first kappa shape index (κ1) is 41.9. The van der Waals surface area contributed by atoms with Crippen molar-refractivity contribution in [3.8, 4) is 0 Å². The Morgan fingerprint density at radius 3 is 1.07 bits per heavy atom. The summed E-state index contributed by atoms with van der Waals surface area (Å²) in [6.07, 6.45) is 36.3. The highest BCUT2D eigenvalue weighted by Crippen LogP contribution is 2.20. The molecule has 0 amide bonds. The van der Waals surface area contributed by atoms with Crippen LogP contribution in [0.4, 0.5) is 0 Å². The summed E-state index contributed by atoms with van der Waals surface area (Å²) in [6.45, 7) is 17.9. The van der Waals surface area contributed by atoms with Crippen LogP contribution in [0.15, 0.2) is 0 Å². The first-order chi connectivity index (χ1) is 20.3. The molecule has 0 radical (unpaired) electrons.